The fourth-order valence-corrected chi connectivity index (χ4v) is 5.83. The van der Waals surface area contributed by atoms with Crippen LogP contribution in [0.3, 0.4) is 0 Å². The van der Waals surface area contributed by atoms with E-state index in [1.807, 2.05) is 0 Å². The maximum atomic E-state index is 14.5. The standard InChI is InChI=1S/C25H21F4N5O/c1-13-4-6-16(20-17(26)3-2-8-30-20)21(32-13)23(35)34-12-15-9-24(15)10-18(22(24)34)33-19-7-5-14(11-31-19)25(27,28)29/h2-8,11,15,18,22H,9-10,12H2,1H3,(H,31,33). The summed E-state index contributed by atoms with van der Waals surface area (Å²) in [7, 11) is 0. The quantitative estimate of drug-likeness (QED) is 0.544. The molecule has 2 aliphatic carbocycles. The Morgan fingerprint density at radius 3 is 2.69 bits per heavy atom. The van der Waals surface area contributed by atoms with Crippen molar-refractivity contribution in [2.45, 2.75) is 38.0 Å². The number of halogens is 4. The molecular formula is C25H21F4N5O. The minimum atomic E-state index is -4.45. The second-order valence-corrected chi connectivity index (χ2v) is 9.60. The molecule has 6 rings (SSSR count). The van der Waals surface area contributed by atoms with Gasteiger partial charge in [-0.15, -0.1) is 0 Å². The number of carbonyl (C=O) groups excluding carboxylic acids is 1. The number of nitrogens with one attached hydrogen (secondary N) is 1. The highest BCUT2D eigenvalue weighted by Gasteiger charge is 2.75. The Balaban J connectivity index is 1.28. The van der Waals surface area contributed by atoms with E-state index in [0.717, 1.165) is 25.1 Å². The lowest BCUT2D eigenvalue weighted by Gasteiger charge is -2.48. The van der Waals surface area contributed by atoms with Crippen LogP contribution in [0.5, 0.6) is 0 Å². The van der Waals surface area contributed by atoms with E-state index in [-0.39, 0.29) is 34.8 Å². The zero-order chi connectivity index (χ0) is 24.5. The van der Waals surface area contributed by atoms with Crippen LogP contribution in [0.1, 0.15) is 34.6 Å². The molecule has 1 spiro atoms. The Morgan fingerprint density at radius 2 is 1.97 bits per heavy atom. The number of hydrogen-bond acceptors (Lipinski definition) is 5. The smallest absolute Gasteiger partial charge is 0.365 e. The third-order valence-corrected chi connectivity index (χ3v) is 7.54. The Morgan fingerprint density at radius 1 is 1.14 bits per heavy atom. The topological polar surface area (TPSA) is 71.0 Å². The molecule has 35 heavy (non-hydrogen) atoms. The van der Waals surface area contributed by atoms with Crippen LogP contribution in [-0.4, -0.2) is 44.4 Å². The van der Waals surface area contributed by atoms with E-state index >= 15 is 0 Å². The minimum absolute atomic E-state index is 0.0273. The van der Waals surface area contributed by atoms with E-state index < -0.39 is 17.6 Å². The van der Waals surface area contributed by atoms with E-state index in [9.17, 15) is 22.4 Å². The molecule has 3 aromatic heterocycles. The molecule has 10 heteroatoms. The van der Waals surface area contributed by atoms with Crippen molar-refractivity contribution in [3.8, 4) is 11.3 Å². The Bertz CT molecular complexity index is 1330. The zero-order valence-corrected chi connectivity index (χ0v) is 18.7. The van der Waals surface area contributed by atoms with Gasteiger partial charge in [-0.3, -0.25) is 9.78 Å². The van der Waals surface area contributed by atoms with Crippen molar-refractivity contribution >= 4 is 11.7 Å². The first-order chi connectivity index (χ1) is 16.7. The van der Waals surface area contributed by atoms with Crippen LogP contribution in [0, 0.1) is 24.1 Å². The molecule has 1 amide bonds. The summed E-state index contributed by atoms with van der Waals surface area (Å²) in [6.45, 7) is 2.34. The summed E-state index contributed by atoms with van der Waals surface area (Å²) in [5.41, 5.74) is 0.399. The molecule has 2 saturated carbocycles. The van der Waals surface area contributed by atoms with Crippen LogP contribution >= 0.6 is 0 Å². The van der Waals surface area contributed by atoms with Crippen LogP contribution in [0.2, 0.25) is 0 Å². The molecule has 4 atom stereocenters. The predicted molar refractivity (Wildman–Crippen MR) is 119 cm³/mol. The fourth-order valence-electron chi connectivity index (χ4n) is 5.83. The molecule has 3 fully saturated rings. The number of rotatable bonds is 4. The lowest BCUT2D eigenvalue weighted by Crippen LogP contribution is -2.60. The molecule has 1 N–H and O–H groups in total. The molecule has 4 unspecified atom stereocenters. The highest BCUT2D eigenvalue weighted by Crippen LogP contribution is 2.71. The van der Waals surface area contributed by atoms with Crippen molar-refractivity contribution in [3.63, 3.8) is 0 Å². The Kier molecular flexibility index (Phi) is 4.68. The van der Waals surface area contributed by atoms with Gasteiger partial charge in [0.25, 0.3) is 5.91 Å². The molecule has 1 saturated heterocycles. The molecule has 3 aromatic rings. The van der Waals surface area contributed by atoms with Gasteiger partial charge in [-0.2, -0.15) is 13.2 Å². The Hall–Kier alpha value is -3.56. The van der Waals surface area contributed by atoms with Gasteiger partial charge in [0.2, 0.25) is 0 Å². The fraction of sp³-hybridized carbons (Fsp3) is 0.360. The second kappa shape index (κ2) is 7.47. The average molecular weight is 483 g/mol. The predicted octanol–water partition coefficient (Wildman–Crippen LogP) is 4.72. The number of alkyl halides is 3. The number of hydrogen-bond donors (Lipinski definition) is 1. The van der Waals surface area contributed by atoms with E-state index in [1.54, 1.807) is 24.0 Å². The summed E-state index contributed by atoms with van der Waals surface area (Å²) in [6.07, 6.45) is -0.345. The van der Waals surface area contributed by atoms with Gasteiger partial charge in [-0.05, 0) is 67.5 Å². The summed E-state index contributed by atoms with van der Waals surface area (Å²) < 4.78 is 53.1. The molecule has 180 valence electrons. The molecule has 0 aromatic carbocycles. The normalized spacial score (nSPS) is 26.5. The number of amides is 1. The number of piperidine rings is 1. The van der Waals surface area contributed by atoms with E-state index in [0.29, 0.717) is 29.5 Å². The number of aryl methyl sites for hydroxylation is 1. The molecule has 3 aliphatic rings. The van der Waals surface area contributed by atoms with Gasteiger partial charge < -0.3 is 10.2 Å². The van der Waals surface area contributed by atoms with Gasteiger partial charge in [0.15, 0.2) is 0 Å². The van der Waals surface area contributed by atoms with Crippen LogP contribution < -0.4 is 5.32 Å². The molecule has 4 heterocycles. The molecule has 0 bridgehead atoms. The van der Waals surface area contributed by atoms with Crippen LogP contribution in [0.4, 0.5) is 23.4 Å². The SMILES string of the molecule is Cc1ccc(-c2ncccc2F)c(C(=O)N2CC3CC34CC(Nc3ccc(C(F)(F)F)cn3)C24)n1. The van der Waals surface area contributed by atoms with Gasteiger partial charge in [-0.25, -0.2) is 14.4 Å². The summed E-state index contributed by atoms with van der Waals surface area (Å²) in [4.78, 5) is 28.0. The monoisotopic (exact) mass is 483 g/mol. The van der Waals surface area contributed by atoms with Gasteiger partial charge in [0.05, 0.1) is 11.6 Å². The first-order valence-electron chi connectivity index (χ1n) is 11.4. The van der Waals surface area contributed by atoms with E-state index in [4.69, 9.17) is 0 Å². The molecule has 6 nitrogen and oxygen atoms in total. The lowest BCUT2D eigenvalue weighted by molar-refractivity contribution is -0.137. The maximum Gasteiger partial charge on any atom is 0.417 e. The highest BCUT2D eigenvalue weighted by atomic mass is 19.4. The van der Waals surface area contributed by atoms with Crippen LogP contribution in [0.15, 0.2) is 48.8 Å². The maximum absolute atomic E-state index is 14.5. The number of nitrogens with zero attached hydrogens (tertiary/aromatic N) is 4. The first kappa shape index (κ1) is 21.9. The Labute approximate surface area is 198 Å². The van der Waals surface area contributed by atoms with Crippen molar-refractivity contribution < 1.29 is 22.4 Å². The summed E-state index contributed by atoms with van der Waals surface area (Å²) in [5, 5.41) is 3.22. The number of aromatic nitrogens is 3. The molecule has 1 aliphatic heterocycles. The second-order valence-electron chi connectivity index (χ2n) is 9.60. The number of pyridine rings is 3. The van der Waals surface area contributed by atoms with E-state index in [2.05, 4.69) is 20.3 Å². The van der Waals surface area contributed by atoms with Crippen LogP contribution in [0.25, 0.3) is 11.3 Å². The van der Waals surface area contributed by atoms with Crippen molar-refractivity contribution in [1.82, 2.24) is 19.9 Å². The van der Waals surface area contributed by atoms with Gasteiger partial charge >= 0.3 is 6.18 Å². The average Bonchev–Trinajstić information content (AvgIpc) is 3.47. The number of carbonyl (C=O) groups is 1. The minimum Gasteiger partial charge on any atom is -0.365 e. The van der Waals surface area contributed by atoms with Crippen LogP contribution in [-0.2, 0) is 6.18 Å². The van der Waals surface area contributed by atoms with Crippen molar-refractivity contribution in [2.75, 3.05) is 11.9 Å². The van der Waals surface area contributed by atoms with Crippen molar-refractivity contribution in [2.24, 2.45) is 11.3 Å². The highest BCUT2D eigenvalue weighted by molar-refractivity contribution is 5.99. The zero-order valence-electron chi connectivity index (χ0n) is 18.7. The first-order valence-corrected chi connectivity index (χ1v) is 11.4. The van der Waals surface area contributed by atoms with Gasteiger partial charge in [-0.1, -0.05) is 0 Å². The summed E-state index contributed by atoms with van der Waals surface area (Å²) in [6, 6.07) is 8.18. The van der Waals surface area contributed by atoms with Crippen molar-refractivity contribution in [3.05, 3.63) is 71.6 Å². The lowest BCUT2D eigenvalue weighted by atomic mass is 9.71. The summed E-state index contributed by atoms with van der Waals surface area (Å²) >= 11 is 0. The number of likely N-dealkylation sites (tertiary alicyclic amines) is 1. The third-order valence-electron chi connectivity index (χ3n) is 7.54. The van der Waals surface area contributed by atoms with E-state index in [1.165, 1.54) is 24.4 Å². The summed E-state index contributed by atoms with van der Waals surface area (Å²) in [5.74, 6) is -0.115. The molecule has 0 radical (unpaired) electrons. The largest absolute Gasteiger partial charge is 0.417 e. The van der Waals surface area contributed by atoms with Crippen molar-refractivity contribution in [1.29, 1.82) is 0 Å². The molecular weight excluding hydrogens is 462 g/mol. The van der Waals surface area contributed by atoms with Gasteiger partial charge in [0, 0.05) is 36.2 Å². The van der Waals surface area contributed by atoms with Gasteiger partial charge in [0.1, 0.15) is 23.0 Å². The third kappa shape index (κ3) is 3.45. The number of anilines is 1.